The standard InChI is InChI=1S/C25H34O6/c1-4-5-20-30-13-25(29)19(31-20)11-17-16-7-6-14-10-15(26)8-9-23(14,2)21(16)18(27)12-24(17,3)22(25)28/h8-10,16-21,27,29H,4-7,11-13H2,1-3H3/t16-,17-,18-,19+,20?,21+,23-,24-,25+/m0/s1. The molecule has 6 heteroatoms. The van der Waals surface area contributed by atoms with Crippen LogP contribution in [0.1, 0.15) is 59.3 Å². The number of carbonyl (C=O) groups is 2. The predicted molar refractivity (Wildman–Crippen MR) is 113 cm³/mol. The van der Waals surface area contributed by atoms with E-state index in [0.717, 1.165) is 31.3 Å². The second-order valence-electron chi connectivity index (χ2n) is 10.9. The third-order valence-electron chi connectivity index (χ3n) is 9.13. The Bertz CT molecular complexity index is 862. The summed E-state index contributed by atoms with van der Waals surface area (Å²) in [7, 11) is 0. The molecule has 4 aliphatic carbocycles. The zero-order chi connectivity index (χ0) is 22.2. The average Bonchev–Trinajstić information content (AvgIpc) is 2.72. The lowest BCUT2D eigenvalue weighted by Crippen LogP contribution is -2.71. The van der Waals surface area contributed by atoms with E-state index in [1.165, 1.54) is 0 Å². The summed E-state index contributed by atoms with van der Waals surface area (Å²) in [5, 5.41) is 22.7. The maximum absolute atomic E-state index is 13.7. The van der Waals surface area contributed by atoms with Crippen LogP contribution in [-0.4, -0.2) is 52.5 Å². The topological polar surface area (TPSA) is 93.1 Å². The van der Waals surface area contributed by atoms with E-state index in [4.69, 9.17) is 9.47 Å². The minimum Gasteiger partial charge on any atom is -0.393 e. The number of allylic oxidation sites excluding steroid dienone is 4. The molecule has 0 aromatic heterocycles. The van der Waals surface area contributed by atoms with E-state index in [0.29, 0.717) is 12.8 Å². The van der Waals surface area contributed by atoms with E-state index in [1.807, 2.05) is 13.0 Å². The molecule has 1 saturated heterocycles. The molecule has 0 amide bonds. The van der Waals surface area contributed by atoms with Gasteiger partial charge >= 0.3 is 0 Å². The van der Waals surface area contributed by atoms with Crippen molar-refractivity contribution in [2.24, 2.45) is 28.6 Å². The summed E-state index contributed by atoms with van der Waals surface area (Å²) in [6.45, 7) is 6.05. The van der Waals surface area contributed by atoms with E-state index in [2.05, 4.69) is 13.8 Å². The molecule has 0 aromatic carbocycles. The van der Waals surface area contributed by atoms with E-state index in [-0.39, 0.29) is 47.6 Å². The maximum Gasteiger partial charge on any atom is 0.178 e. The molecule has 6 nitrogen and oxygen atoms in total. The van der Waals surface area contributed by atoms with Crippen molar-refractivity contribution in [2.45, 2.75) is 83.4 Å². The summed E-state index contributed by atoms with van der Waals surface area (Å²) >= 11 is 0. The van der Waals surface area contributed by atoms with Gasteiger partial charge in [-0.15, -0.1) is 0 Å². The molecular weight excluding hydrogens is 396 g/mol. The smallest absolute Gasteiger partial charge is 0.178 e. The molecule has 4 fully saturated rings. The van der Waals surface area contributed by atoms with E-state index >= 15 is 0 Å². The minimum atomic E-state index is -1.65. The van der Waals surface area contributed by atoms with Crippen LogP contribution in [0.3, 0.4) is 0 Å². The second kappa shape index (κ2) is 7.08. The van der Waals surface area contributed by atoms with Crippen molar-refractivity contribution in [3.05, 3.63) is 23.8 Å². The quantitative estimate of drug-likeness (QED) is 0.700. The van der Waals surface area contributed by atoms with Crippen molar-refractivity contribution in [3.63, 3.8) is 0 Å². The maximum atomic E-state index is 13.7. The Balaban J connectivity index is 1.51. The Labute approximate surface area is 183 Å². The summed E-state index contributed by atoms with van der Waals surface area (Å²) in [5.41, 5.74) is -1.76. The van der Waals surface area contributed by atoms with Gasteiger partial charge in [-0.2, -0.15) is 0 Å². The summed E-state index contributed by atoms with van der Waals surface area (Å²) in [6.07, 6.45) is 7.85. The van der Waals surface area contributed by atoms with Crippen LogP contribution in [0.4, 0.5) is 0 Å². The third kappa shape index (κ3) is 2.91. The fourth-order valence-corrected chi connectivity index (χ4v) is 7.59. The van der Waals surface area contributed by atoms with Gasteiger partial charge in [-0.1, -0.05) is 38.8 Å². The Morgan fingerprint density at radius 2 is 2.03 bits per heavy atom. The van der Waals surface area contributed by atoms with Crippen LogP contribution in [0.5, 0.6) is 0 Å². The van der Waals surface area contributed by atoms with E-state index < -0.39 is 23.2 Å². The lowest BCUT2D eigenvalue weighted by molar-refractivity contribution is -0.303. The second-order valence-corrected chi connectivity index (χ2v) is 10.9. The summed E-state index contributed by atoms with van der Waals surface area (Å²) in [5.74, 6) is -0.145. The highest BCUT2D eigenvalue weighted by Gasteiger charge is 2.68. The van der Waals surface area contributed by atoms with E-state index in [9.17, 15) is 19.8 Å². The largest absolute Gasteiger partial charge is 0.393 e. The molecule has 9 atom stereocenters. The van der Waals surface area contributed by atoms with Crippen LogP contribution in [-0.2, 0) is 19.1 Å². The molecule has 5 rings (SSSR count). The number of carbonyl (C=O) groups excluding carboxylic acids is 2. The highest BCUT2D eigenvalue weighted by atomic mass is 16.7. The summed E-state index contributed by atoms with van der Waals surface area (Å²) < 4.78 is 11.8. The Morgan fingerprint density at radius 1 is 1.26 bits per heavy atom. The lowest BCUT2D eigenvalue weighted by Gasteiger charge is -2.63. The van der Waals surface area contributed by atoms with Crippen molar-refractivity contribution < 1.29 is 29.3 Å². The SMILES string of the molecule is CCCC1OC[C@]2(O)C(=O)[C@@]3(C)C[C@H](O)[C@H]4[C@@H](CCC5=CC(=O)C=C[C@@]54C)[C@@H]3C[C@H]2O1. The molecule has 5 aliphatic rings. The Hall–Kier alpha value is -1.34. The van der Waals surface area contributed by atoms with Crippen molar-refractivity contribution in [1.29, 1.82) is 0 Å². The molecule has 170 valence electrons. The number of ketones is 2. The first kappa shape index (κ1) is 21.5. The highest BCUT2D eigenvalue weighted by molar-refractivity contribution is 6.01. The van der Waals surface area contributed by atoms with Crippen LogP contribution >= 0.6 is 0 Å². The van der Waals surface area contributed by atoms with Gasteiger partial charge in [-0.25, -0.2) is 0 Å². The van der Waals surface area contributed by atoms with Crippen LogP contribution < -0.4 is 0 Å². The molecule has 0 spiro atoms. The predicted octanol–water partition coefficient (Wildman–Crippen LogP) is 2.72. The summed E-state index contributed by atoms with van der Waals surface area (Å²) in [6, 6.07) is 0. The van der Waals surface area contributed by atoms with Gasteiger partial charge < -0.3 is 19.7 Å². The molecule has 0 radical (unpaired) electrons. The normalized spacial score (nSPS) is 51.3. The number of fused-ring (bicyclic) bond motifs is 6. The van der Waals surface area contributed by atoms with Gasteiger partial charge in [0.25, 0.3) is 0 Å². The van der Waals surface area contributed by atoms with E-state index in [1.54, 1.807) is 12.2 Å². The van der Waals surface area contributed by atoms with Gasteiger partial charge in [-0.3, -0.25) is 9.59 Å². The first-order valence-electron chi connectivity index (χ1n) is 11.8. The van der Waals surface area contributed by atoms with Crippen molar-refractivity contribution in [2.75, 3.05) is 6.61 Å². The number of aliphatic hydroxyl groups excluding tert-OH is 1. The van der Waals surface area contributed by atoms with Gasteiger partial charge in [0, 0.05) is 16.7 Å². The Morgan fingerprint density at radius 3 is 2.77 bits per heavy atom. The molecule has 2 N–H and O–H groups in total. The third-order valence-corrected chi connectivity index (χ3v) is 9.13. The number of Topliss-reactive ketones (excluding diaryl/α,β-unsaturated/α-hetero) is 1. The van der Waals surface area contributed by atoms with Gasteiger partial charge in [0.15, 0.2) is 23.5 Å². The van der Waals surface area contributed by atoms with Gasteiger partial charge in [0.1, 0.15) is 0 Å². The van der Waals surface area contributed by atoms with Gasteiger partial charge in [0.2, 0.25) is 0 Å². The first-order chi connectivity index (χ1) is 14.6. The molecule has 0 bridgehead atoms. The number of ether oxygens (including phenoxy) is 2. The number of hydrogen-bond donors (Lipinski definition) is 2. The molecule has 31 heavy (non-hydrogen) atoms. The van der Waals surface area contributed by atoms with Gasteiger partial charge in [-0.05, 0) is 56.1 Å². The molecular formula is C25H34O6. The molecule has 1 unspecified atom stereocenters. The van der Waals surface area contributed by atoms with Gasteiger partial charge in [0.05, 0.1) is 18.8 Å². The van der Waals surface area contributed by atoms with Crippen molar-refractivity contribution >= 4 is 11.6 Å². The fourth-order valence-electron chi connectivity index (χ4n) is 7.59. The van der Waals surface area contributed by atoms with Crippen LogP contribution in [0.2, 0.25) is 0 Å². The molecule has 1 aliphatic heterocycles. The Kier molecular flexibility index (Phi) is 4.91. The molecule has 0 aromatic rings. The fraction of sp³-hybridized carbons (Fsp3) is 0.760. The monoisotopic (exact) mass is 430 g/mol. The zero-order valence-corrected chi connectivity index (χ0v) is 18.7. The van der Waals surface area contributed by atoms with Crippen LogP contribution in [0.25, 0.3) is 0 Å². The first-order valence-corrected chi connectivity index (χ1v) is 11.8. The summed E-state index contributed by atoms with van der Waals surface area (Å²) in [4.78, 5) is 25.7. The molecule has 1 heterocycles. The zero-order valence-electron chi connectivity index (χ0n) is 18.7. The minimum absolute atomic E-state index is 0.0107. The lowest BCUT2D eigenvalue weighted by atomic mass is 9.43. The van der Waals surface area contributed by atoms with Crippen molar-refractivity contribution in [1.82, 2.24) is 0 Å². The number of aliphatic hydroxyl groups is 2. The van der Waals surface area contributed by atoms with Crippen LogP contribution in [0, 0.1) is 28.6 Å². The number of hydrogen-bond acceptors (Lipinski definition) is 6. The van der Waals surface area contributed by atoms with Crippen LogP contribution in [0.15, 0.2) is 23.8 Å². The van der Waals surface area contributed by atoms with Crippen molar-refractivity contribution in [3.8, 4) is 0 Å². The molecule has 3 saturated carbocycles. The highest BCUT2D eigenvalue weighted by Crippen LogP contribution is 2.64. The number of rotatable bonds is 2. The average molecular weight is 431 g/mol.